The third kappa shape index (κ3) is 2.85. The van der Waals surface area contributed by atoms with Gasteiger partial charge in [0.15, 0.2) is 0 Å². The average molecular weight is 227 g/mol. The van der Waals surface area contributed by atoms with E-state index in [2.05, 4.69) is 38.8 Å². The summed E-state index contributed by atoms with van der Waals surface area (Å²) in [6, 6.07) is 4.69. The Morgan fingerprint density at radius 3 is 1.73 bits per heavy atom. The molecule has 90 valence electrons. The van der Waals surface area contributed by atoms with E-state index in [1.807, 2.05) is 0 Å². The Bertz CT molecular complexity index is 177. The average Bonchev–Trinajstić information content (AvgIpc) is 2.65. The van der Waals surface area contributed by atoms with Crippen molar-refractivity contribution in [2.45, 2.75) is 84.1 Å². The summed E-state index contributed by atoms with van der Waals surface area (Å²) in [5.74, 6) is 0. The molecular weight excluding hydrogens is 198 g/mol. The second kappa shape index (κ2) is 5.49. The van der Waals surface area contributed by atoms with Crippen molar-refractivity contribution in [3.63, 3.8) is 0 Å². The monoisotopic (exact) mass is 227 g/mol. The van der Waals surface area contributed by atoms with Crippen LogP contribution in [0.2, 0.25) is 18.6 Å². The Balaban J connectivity index is 2.79. The SMILES string of the molecule is CCC(C)N(C(C)CC)[Si]1(C)CCCC1. The van der Waals surface area contributed by atoms with Crippen LogP contribution in [0, 0.1) is 0 Å². The van der Waals surface area contributed by atoms with Crippen molar-refractivity contribution in [3.8, 4) is 0 Å². The molecule has 1 aliphatic rings. The molecule has 0 saturated carbocycles. The molecule has 2 heteroatoms. The van der Waals surface area contributed by atoms with Crippen LogP contribution in [0.4, 0.5) is 0 Å². The minimum Gasteiger partial charge on any atom is -0.319 e. The second-order valence-corrected chi connectivity index (χ2v) is 10.1. The molecule has 1 rings (SSSR count). The highest BCUT2D eigenvalue weighted by Gasteiger charge is 2.41. The zero-order chi connectivity index (χ0) is 11.5. The number of hydrogen-bond acceptors (Lipinski definition) is 1. The molecular formula is C13H29NSi. The molecule has 0 aromatic rings. The highest BCUT2D eigenvalue weighted by molar-refractivity contribution is 6.76. The van der Waals surface area contributed by atoms with Gasteiger partial charge in [0.05, 0.1) is 0 Å². The molecule has 0 aliphatic carbocycles. The quantitative estimate of drug-likeness (QED) is 0.635. The molecule has 0 aromatic heterocycles. The lowest BCUT2D eigenvalue weighted by Gasteiger charge is -2.45. The van der Waals surface area contributed by atoms with Crippen molar-refractivity contribution in [3.05, 3.63) is 0 Å². The van der Waals surface area contributed by atoms with Crippen LogP contribution in [0.5, 0.6) is 0 Å². The highest BCUT2D eigenvalue weighted by Crippen LogP contribution is 2.36. The van der Waals surface area contributed by atoms with E-state index in [1.54, 1.807) is 12.1 Å². The molecule has 0 aromatic carbocycles. The summed E-state index contributed by atoms with van der Waals surface area (Å²) in [5, 5.41) is 0. The van der Waals surface area contributed by atoms with Crippen LogP contribution >= 0.6 is 0 Å². The lowest BCUT2D eigenvalue weighted by atomic mass is 10.2. The molecule has 2 atom stereocenters. The second-order valence-electron chi connectivity index (χ2n) is 5.63. The van der Waals surface area contributed by atoms with Gasteiger partial charge >= 0.3 is 0 Å². The van der Waals surface area contributed by atoms with Crippen LogP contribution in [-0.2, 0) is 0 Å². The predicted octanol–water partition coefficient (Wildman–Crippen LogP) is 4.25. The Labute approximate surface area is 97.3 Å². The summed E-state index contributed by atoms with van der Waals surface area (Å²) >= 11 is 0. The smallest absolute Gasteiger partial charge is 0.125 e. The topological polar surface area (TPSA) is 3.24 Å². The van der Waals surface area contributed by atoms with Gasteiger partial charge < -0.3 is 4.57 Å². The van der Waals surface area contributed by atoms with Gasteiger partial charge in [0, 0.05) is 12.1 Å². The minimum atomic E-state index is -1.05. The van der Waals surface area contributed by atoms with Crippen LogP contribution < -0.4 is 0 Å². The van der Waals surface area contributed by atoms with E-state index in [0.29, 0.717) is 0 Å². The summed E-state index contributed by atoms with van der Waals surface area (Å²) in [6.07, 6.45) is 5.61. The first-order valence-corrected chi connectivity index (χ1v) is 9.69. The van der Waals surface area contributed by atoms with Gasteiger partial charge in [-0.3, -0.25) is 0 Å². The molecule has 1 saturated heterocycles. The third-order valence-corrected chi connectivity index (χ3v) is 9.43. The van der Waals surface area contributed by atoms with Gasteiger partial charge in [-0.25, -0.2) is 0 Å². The molecule has 0 spiro atoms. The van der Waals surface area contributed by atoms with Crippen molar-refractivity contribution in [1.82, 2.24) is 4.57 Å². The standard InChI is InChI=1S/C13H29NSi/c1-6-12(3)14(13(4)7-2)15(5)10-8-9-11-15/h12-13H,6-11H2,1-5H3. The van der Waals surface area contributed by atoms with E-state index in [-0.39, 0.29) is 0 Å². The van der Waals surface area contributed by atoms with E-state index < -0.39 is 8.24 Å². The summed E-state index contributed by atoms with van der Waals surface area (Å²) in [4.78, 5) is 0. The van der Waals surface area contributed by atoms with Crippen molar-refractivity contribution in [2.24, 2.45) is 0 Å². The van der Waals surface area contributed by atoms with Crippen molar-refractivity contribution >= 4 is 8.24 Å². The van der Waals surface area contributed by atoms with Gasteiger partial charge in [0.25, 0.3) is 0 Å². The Kier molecular flexibility index (Phi) is 4.85. The fraction of sp³-hybridized carbons (Fsp3) is 1.00. The fourth-order valence-electron chi connectivity index (χ4n) is 3.29. The zero-order valence-electron chi connectivity index (χ0n) is 11.3. The first-order chi connectivity index (χ1) is 7.05. The van der Waals surface area contributed by atoms with Crippen LogP contribution in [0.15, 0.2) is 0 Å². The first-order valence-electron chi connectivity index (χ1n) is 6.83. The van der Waals surface area contributed by atoms with E-state index in [1.165, 1.54) is 25.7 Å². The molecule has 2 unspecified atom stereocenters. The maximum absolute atomic E-state index is 2.94. The normalized spacial score (nSPS) is 24.4. The highest BCUT2D eigenvalue weighted by atomic mass is 28.3. The third-order valence-electron chi connectivity index (χ3n) is 4.44. The van der Waals surface area contributed by atoms with E-state index >= 15 is 0 Å². The predicted molar refractivity (Wildman–Crippen MR) is 71.8 cm³/mol. The Morgan fingerprint density at radius 1 is 1.00 bits per heavy atom. The largest absolute Gasteiger partial charge is 0.319 e. The molecule has 0 N–H and O–H groups in total. The number of hydrogen-bond donors (Lipinski definition) is 0. The molecule has 1 nitrogen and oxygen atoms in total. The van der Waals surface area contributed by atoms with Gasteiger partial charge in [-0.2, -0.15) is 0 Å². The van der Waals surface area contributed by atoms with Crippen LogP contribution in [0.3, 0.4) is 0 Å². The molecule has 15 heavy (non-hydrogen) atoms. The van der Waals surface area contributed by atoms with E-state index in [4.69, 9.17) is 0 Å². The molecule has 1 aliphatic heterocycles. The minimum absolute atomic E-state index is 0.801. The van der Waals surface area contributed by atoms with Crippen LogP contribution in [-0.4, -0.2) is 24.9 Å². The van der Waals surface area contributed by atoms with E-state index in [9.17, 15) is 0 Å². The lowest BCUT2D eigenvalue weighted by Crippen LogP contribution is -2.57. The maximum Gasteiger partial charge on any atom is 0.125 e. The van der Waals surface area contributed by atoms with Gasteiger partial charge in [-0.05, 0) is 24.9 Å². The van der Waals surface area contributed by atoms with E-state index in [0.717, 1.165) is 12.1 Å². The summed E-state index contributed by atoms with van der Waals surface area (Å²) in [5.41, 5.74) is 0. The summed E-state index contributed by atoms with van der Waals surface area (Å²) in [7, 11) is -1.05. The number of rotatable bonds is 5. The molecule has 0 bridgehead atoms. The molecule has 1 heterocycles. The molecule has 0 radical (unpaired) electrons. The summed E-state index contributed by atoms with van der Waals surface area (Å²) < 4.78 is 2.94. The zero-order valence-corrected chi connectivity index (χ0v) is 12.3. The summed E-state index contributed by atoms with van der Waals surface area (Å²) in [6.45, 7) is 12.2. The van der Waals surface area contributed by atoms with Crippen LogP contribution in [0.25, 0.3) is 0 Å². The van der Waals surface area contributed by atoms with Gasteiger partial charge in [-0.15, -0.1) is 0 Å². The Morgan fingerprint density at radius 2 is 1.40 bits per heavy atom. The van der Waals surface area contributed by atoms with Gasteiger partial charge in [0.1, 0.15) is 8.24 Å². The first kappa shape index (κ1) is 13.2. The van der Waals surface area contributed by atoms with Crippen molar-refractivity contribution < 1.29 is 0 Å². The van der Waals surface area contributed by atoms with Gasteiger partial charge in [-0.1, -0.05) is 47.1 Å². The van der Waals surface area contributed by atoms with Crippen molar-refractivity contribution in [2.75, 3.05) is 0 Å². The van der Waals surface area contributed by atoms with Crippen LogP contribution in [0.1, 0.15) is 53.4 Å². The van der Waals surface area contributed by atoms with Gasteiger partial charge in [0.2, 0.25) is 0 Å². The maximum atomic E-state index is 2.94. The Hall–Kier alpha value is 0.177. The number of nitrogens with zero attached hydrogens (tertiary/aromatic N) is 1. The molecule has 0 amide bonds. The fourth-order valence-corrected chi connectivity index (χ4v) is 8.57. The molecule has 1 fully saturated rings. The lowest BCUT2D eigenvalue weighted by molar-refractivity contribution is 0.252. The van der Waals surface area contributed by atoms with Crippen molar-refractivity contribution in [1.29, 1.82) is 0 Å².